The van der Waals surface area contributed by atoms with Gasteiger partial charge in [0, 0.05) is 12.6 Å². The van der Waals surface area contributed by atoms with E-state index >= 15 is 0 Å². The molecular weight excluding hydrogens is 226 g/mol. The molecule has 0 aliphatic carbocycles. The van der Waals surface area contributed by atoms with E-state index in [1.54, 1.807) is 0 Å². The van der Waals surface area contributed by atoms with Gasteiger partial charge in [-0.1, -0.05) is 6.42 Å². The van der Waals surface area contributed by atoms with Gasteiger partial charge in [0.2, 0.25) is 0 Å². The molecule has 102 valence electrons. The predicted octanol–water partition coefficient (Wildman–Crippen LogP) is 1.73. The highest BCUT2D eigenvalue weighted by Crippen LogP contribution is 2.16. The number of likely N-dealkylation sites (tertiary alicyclic amines) is 1. The standard InChI is InChI=1S/C12H24F2N2O/c1-16-8-3-2-4-11(16)5-6-15-7-9-17-10-12(13)14/h11-12,15H,2-10H2,1H3. The number of piperidine rings is 1. The van der Waals surface area contributed by atoms with Gasteiger partial charge in [-0.2, -0.15) is 0 Å². The number of hydrogen-bond acceptors (Lipinski definition) is 3. The minimum Gasteiger partial charge on any atom is -0.374 e. The van der Waals surface area contributed by atoms with E-state index in [9.17, 15) is 8.78 Å². The predicted molar refractivity (Wildman–Crippen MR) is 64.6 cm³/mol. The van der Waals surface area contributed by atoms with Gasteiger partial charge >= 0.3 is 0 Å². The van der Waals surface area contributed by atoms with Crippen LogP contribution in [0, 0.1) is 0 Å². The summed E-state index contributed by atoms with van der Waals surface area (Å²) in [6.45, 7) is 2.70. The van der Waals surface area contributed by atoms with E-state index in [2.05, 4.69) is 17.3 Å². The smallest absolute Gasteiger partial charge is 0.261 e. The molecule has 1 aliphatic heterocycles. The highest BCUT2D eigenvalue weighted by atomic mass is 19.3. The lowest BCUT2D eigenvalue weighted by atomic mass is 10.0. The first-order valence-corrected chi connectivity index (χ1v) is 6.47. The topological polar surface area (TPSA) is 24.5 Å². The Labute approximate surface area is 103 Å². The number of halogens is 2. The maximum atomic E-state index is 11.7. The highest BCUT2D eigenvalue weighted by Gasteiger charge is 2.17. The molecule has 1 rings (SSSR count). The van der Waals surface area contributed by atoms with Gasteiger partial charge in [0.1, 0.15) is 6.61 Å². The summed E-state index contributed by atoms with van der Waals surface area (Å²) < 4.78 is 28.3. The SMILES string of the molecule is CN1CCCCC1CCNCCOCC(F)F. The number of nitrogens with one attached hydrogen (secondary N) is 1. The highest BCUT2D eigenvalue weighted by molar-refractivity contribution is 4.74. The molecular formula is C12H24F2N2O. The molecule has 0 aromatic rings. The number of rotatable bonds is 8. The van der Waals surface area contributed by atoms with Crippen molar-refractivity contribution in [3.63, 3.8) is 0 Å². The summed E-state index contributed by atoms with van der Waals surface area (Å²) in [7, 11) is 2.18. The van der Waals surface area contributed by atoms with Gasteiger partial charge < -0.3 is 15.0 Å². The maximum absolute atomic E-state index is 11.7. The summed E-state index contributed by atoms with van der Waals surface area (Å²) in [5, 5.41) is 3.23. The summed E-state index contributed by atoms with van der Waals surface area (Å²) in [6.07, 6.45) is 2.69. The molecule has 1 N–H and O–H groups in total. The van der Waals surface area contributed by atoms with Crippen LogP contribution in [0.2, 0.25) is 0 Å². The first-order chi connectivity index (χ1) is 8.20. The lowest BCUT2D eigenvalue weighted by Crippen LogP contribution is -2.38. The second kappa shape index (κ2) is 8.78. The van der Waals surface area contributed by atoms with Crippen LogP contribution in [0.3, 0.4) is 0 Å². The third-order valence-corrected chi connectivity index (χ3v) is 3.24. The fourth-order valence-corrected chi connectivity index (χ4v) is 2.22. The van der Waals surface area contributed by atoms with Crippen LogP contribution < -0.4 is 5.32 Å². The zero-order valence-electron chi connectivity index (χ0n) is 10.6. The average Bonchev–Trinajstić information content (AvgIpc) is 2.30. The summed E-state index contributed by atoms with van der Waals surface area (Å²) in [5.74, 6) is 0. The van der Waals surface area contributed by atoms with Crippen molar-refractivity contribution in [2.24, 2.45) is 0 Å². The van der Waals surface area contributed by atoms with Crippen molar-refractivity contribution in [2.45, 2.75) is 38.2 Å². The Hall–Kier alpha value is -0.260. The van der Waals surface area contributed by atoms with E-state index < -0.39 is 13.0 Å². The summed E-state index contributed by atoms with van der Waals surface area (Å²) in [5.41, 5.74) is 0. The van der Waals surface area contributed by atoms with E-state index in [-0.39, 0.29) is 0 Å². The van der Waals surface area contributed by atoms with E-state index in [1.807, 2.05) is 0 Å². The number of ether oxygens (including phenoxy) is 1. The molecule has 1 atom stereocenters. The molecule has 0 spiro atoms. The molecule has 0 radical (unpaired) electrons. The van der Waals surface area contributed by atoms with Gasteiger partial charge in [-0.25, -0.2) is 8.78 Å². The summed E-state index contributed by atoms with van der Waals surface area (Å²) >= 11 is 0. The Kier molecular flexibility index (Phi) is 7.64. The monoisotopic (exact) mass is 250 g/mol. The Morgan fingerprint density at radius 1 is 1.35 bits per heavy atom. The van der Waals surface area contributed by atoms with Crippen LogP contribution in [0.15, 0.2) is 0 Å². The van der Waals surface area contributed by atoms with Crippen LogP contribution in [0.5, 0.6) is 0 Å². The Morgan fingerprint density at radius 2 is 2.18 bits per heavy atom. The maximum Gasteiger partial charge on any atom is 0.261 e. The Morgan fingerprint density at radius 3 is 2.88 bits per heavy atom. The lowest BCUT2D eigenvalue weighted by Gasteiger charge is -2.32. The molecule has 1 aliphatic rings. The van der Waals surface area contributed by atoms with E-state index in [0.29, 0.717) is 19.2 Å². The van der Waals surface area contributed by atoms with Crippen LogP contribution in [0.25, 0.3) is 0 Å². The van der Waals surface area contributed by atoms with Crippen molar-refractivity contribution in [3.05, 3.63) is 0 Å². The quantitative estimate of drug-likeness (QED) is 0.664. The molecule has 0 bridgehead atoms. The first kappa shape index (κ1) is 14.8. The molecule has 1 heterocycles. The van der Waals surface area contributed by atoms with Crippen LogP contribution in [-0.4, -0.2) is 57.3 Å². The van der Waals surface area contributed by atoms with Crippen molar-refractivity contribution >= 4 is 0 Å². The zero-order valence-corrected chi connectivity index (χ0v) is 10.6. The molecule has 17 heavy (non-hydrogen) atoms. The lowest BCUT2D eigenvalue weighted by molar-refractivity contribution is 0.0187. The molecule has 5 heteroatoms. The molecule has 0 aromatic heterocycles. The van der Waals surface area contributed by atoms with Gasteiger partial charge in [0.25, 0.3) is 6.43 Å². The Balaban J connectivity index is 1.89. The van der Waals surface area contributed by atoms with E-state index in [4.69, 9.17) is 4.74 Å². The van der Waals surface area contributed by atoms with Crippen molar-refractivity contribution in [2.75, 3.05) is 39.9 Å². The van der Waals surface area contributed by atoms with E-state index in [0.717, 1.165) is 13.0 Å². The van der Waals surface area contributed by atoms with Crippen LogP contribution in [-0.2, 0) is 4.74 Å². The third kappa shape index (κ3) is 6.91. The molecule has 3 nitrogen and oxygen atoms in total. The van der Waals surface area contributed by atoms with Crippen LogP contribution >= 0.6 is 0 Å². The Bertz CT molecular complexity index is 193. The number of alkyl halides is 2. The second-order valence-corrected chi connectivity index (χ2v) is 4.63. The molecule has 0 saturated carbocycles. The minimum absolute atomic E-state index is 0.366. The van der Waals surface area contributed by atoms with Gasteiger partial charge in [0.05, 0.1) is 6.61 Å². The van der Waals surface area contributed by atoms with E-state index in [1.165, 1.54) is 25.8 Å². The van der Waals surface area contributed by atoms with Crippen molar-refractivity contribution in [1.82, 2.24) is 10.2 Å². The van der Waals surface area contributed by atoms with Gasteiger partial charge in [-0.3, -0.25) is 0 Å². The van der Waals surface area contributed by atoms with Gasteiger partial charge in [-0.15, -0.1) is 0 Å². The molecule has 0 aromatic carbocycles. The minimum atomic E-state index is -2.36. The normalized spacial score (nSPS) is 22.2. The average molecular weight is 250 g/mol. The number of nitrogens with zero attached hydrogens (tertiary/aromatic N) is 1. The van der Waals surface area contributed by atoms with Crippen molar-refractivity contribution in [3.8, 4) is 0 Å². The fourth-order valence-electron chi connectivity index (χ4n) is 2.22. The molecule has 1 unspecified atom stereocenters. The van der Waals surface area contributed by atoms with Crippen molar-refractivity contribution in [1.29, 1.82) is 0 Å². The fraction of sp³-hybridized carbons (Fsp3) is 1.00. The van der Waals surface area contributed by atoms with Crippen molar-refractivity contribution < 1.29 is 13.5 Å². The summed E-state index contributed by atoms with van der Waals surface area (Å²) in [4.78, 5) is 2.42. The zero-order chi connectivity index (χ0) is 12.5. The second-order valence-electron chi connectivity index (χ2n) is 4.63. The molecule has 1 fully saturated rings. The van der Waals surface area contributed by atoms with Crippen LogP contribution in [0.4, 0.5) is 8.78 Å². The van der Waals surface area contributed by atoms with Crippen LogP contribution in [0.1, 0.15) is 25.7 Å². The molecule has 0 amide bonds. The van der Waals surface area contributed by atoms with Gasteiger partial charge in [0.15, 0.2) is 0 Å². The van der Waals surface area contributed by atoms with Gasteiger partial charge in [-0.05, 0) is 39.4 Å². The number of hydrogen-bond donors (Lipinski definition) is 1. The summed E-state index contributed by atoms with van der Waals surface area (Å²) in [6, 6.07) is 0.679. The molecule has 1 saturated heterocycles. The largest absolute Gasteiger partial charge is 0.374 e. The first-order valence-electron chi connectivity index (χ1n) is 6.47. The third-order valence-electron chi connectivity index (χ3n) is 3.24.